The van der Waals surface area contributed by atoms with Gasteiger partial charge in [-0.2, -0.15) is 13.2 Å². The molecule has 0 saturated carbocycles. The van der Waals surface area contributed by atoms with Gasteiger partial charge in [0.25, 0.3) is 0 Å². The molecule has 0 aliphatic heterocycles. The number of hydrogen-bond acceptors (Lipinski definition) is 4. The predicted molar refractivity (Wildman–Crippen MR) is 96.7 cm³/mol. The lowest BCUT2D eigenvalue weighted by Gasteiger charge is -2.33. The Bertz CT molecular complexity index is 773. The molecular weight excluding hydrogens is 363 g/mol. The first-order valence-corrected chi connectivity index (χ1v) is 9.06. The van der Waals surface area contributed by atoms with Gasteiger partial charge in [-0.1, -0.05) is 26.0 Å². The molecule has 4 nitrogen and oxygen atoms in total. The number of alkyl halides is 3. The highest BCUT2D eigenvalue weighted by molar-refractivity contribution is 7.13. The van der Waals surface area contributed by atoms with E-state index in [1.54, 1.807) is 11.4 Å². The van der Waals surface area contributed by atoms with Crippen LogP contribution in [0.15, 0.2) is 29.6 Å². The van der Waals surface area contributed by atoms with Gasteiger partial charge in [-0.3, -0.25) is 4.79 Å². The fourth-order valence-electron chi connectivity index (χ4n) is 2.31. The van der Waals surface area contributed by atoms with Crippen molar-refractivity contribution in [2.45, 2.75) is 38.9 Å². The predicted octanol–water partition coefficient (Wildman–Crippen LogP) is 3.86. The normalized spacial score (nSPS) is 14.3. The highest BCUT2D eigenvalue weighted by Crippen LogP contribution is 2.33. The number of carbonyl (C=O) groups excluding carboxylic acids is 1. The van der Waals surface area contributed by atoms with Gasteiger partial charge in [-0.25, -0.2) is 4.98 Å². The van der Waals surface area contributed by atoms with Crippen molar-refractivity contribution in [1.82, 2.24) is 10.3 Å². The quantitative estimate of drug-likeness (QED) is 0.793. The third kappa shape index (κ3) is 4.82. The van der Waals surface area contributed by atoms with Gasteiger partial charge in [0.1, 0.15) is 5.01 Å². The summed E-state index contributed by atoms with van der Waals surface area (Å²) in [6, 6.07) is 5.00. The molecule has 1 aromatic carbocycles. The van der Waals surface area contributed by atoms with Crippen molar-refractivity contribution in [1.29, 1.82) is 0 Å². The second-order valence-electron chi connectivity index (χ2n) is 6.72. The number of rotatable bonds is 6. The average molecular weight is 385 g/mol. The maximum Gasteiger partial charge on any atom is 0.416 e. The van der Waals surface area contributed by atoms with Gasteiger partial charge in [0.15, 0.2) is 0 Å². The summed E-state index contributed by atoms with van der Waals surface area (Å²) in [5.74, 6) is -0.0555. The fourth-order valence-corrected chi connectivity index (χ4v) is 3.12. The topological polar surface area (TPSA) is 68.0 Å². The molecule has 142 valence electrons. The molecule has 2 rings (SSSR count). The summed E-state index contributed by atoms with van der Waals surface area (Å²) in [7, 11) is 0. The summed E-state index contributed by atoms with van der Waals surface area (Å²) in [5, 5.41) is 5.05. The number of hydrogen-bond donors (Lipinski definition) is 2. The minimum Gasteiger partial charge on any atom is -0.349 e. The first-order valence-electron chi connectivity index (χ1n) is 8.18. The molecule has 1 amide bonds. The van der Waals surface area contributed by atoms with E-state index in [1.807, 2.05) is 20.8 Å². The van der Waals surface area contributed by atoms with Crippen molar-refractivity contribution >= 4 is 17.2 Å². The number of carbonyl (C=O) groups is 1. The minimum absolute atomic E-state index is 0.0533. The number of benzene rings is 1. The van der Waals surface area contributed by atoms with Crippen molar-refractivity contribution in [3.05, 3.63) is 40.9 Å². The van der Waals surface area contributed by atoms with Gasteiger partial charge >= 0.3 is 6.18 Å². The van der Waals surface area contributed by atoms with Gasteiger partial charge in [0, 0.05) is 17.5 Å². The molecule has 0 spiro atoms. The molecule has 2 aromatic rings. The zero-order valence-electron chi connectivity index (χ0n) is 14.9. The van der Waals surface area contributed by atoms with E-state index in [9.17, 15) is 18.0 Å². The third-order valence-corrected chi connectivity index (χ3v) is 5.39. The monoisotopic (exact) mass is 385 g/mol. The molecular formula is C18H22F3N3OS. The van der Waals surface area contributed by atoms with E-state index in [0.717, 1.165) is 12.1 Å². The van der Waals surface area contributed by atoms with Gasteiger partial charge < -0.3 is 11.1 Å². The zero-order chi connectivity index (χ0) is 19.5. The molecule has 26 heavy (non-hydrogen) atoms. The van der Waals surface area contributed by atoms with Crippen LogP contribution < -0.4 is 11.1 Å². The SMILES string of the molecule is CC(C)C(C)(CN)NC(=O)Cc1csc(-c2cccc(C(F)(F)F)c2)n1. The molecule has 0 bridgehead atoms. The standard InChI is InChI=1S/C18H22F3N3OS/c1-11(2)17(3,10-22)24-15(25)8-14-9-26-16(23-14)12-5-4-6-13(7-12)18(19,20)21/h4-7,9,11H,8,10,22H2,1-3H3,(H,24,25). The van der Waals surface area contributed by atoms with E-state index >= 15 is 0 Å². The van der Waals surface area contributed by atoms with Crippen molar-refractivity contribution in [2.75, 3.05) is 6.54 Å². The highest BCUT2D eigenvalue weighted by atomic mass is 32.1. The molecule has 0 aliphatic rings. The average Bonchev–Trinajstić information content (AvgIpc) is 3.02. The lowest BCUT2D eigenvalue weighted by Crippen LogP contribution is -2.55. The second kappa shape index (κ2) is 7.75. The molecule has 0 saturated heterocycles. The van der Waals surface area contributed by atoms with Crippen LogP contribution in [-0.4, -0.2) is 23.0 Å². The minimum atomic E-state index is -4.40. The molecule has 1 aromatic heterocycles. The Kier molecular flexibility index (Phi) is 6.08. The number of halogens is 3. The molecule has 0 aliphatic carbocycles. The van der Waals surface area contributed by atoms with Crippen molar-refractivity contribution < 1.29 is 18.0 Å². The van der Waals surface area contributed by atoms with E-state index in [2.05, 4.69) is 10.3 Å². The summed E-state index contributed by atoms with van der Waals surface area (Å²) >= 11 is 1.21. The molecule has 1 unspecified atom stereocenters. The van der Waals surface area contributed by atoms with E-state index < -0.39 is 17.3 Å². The first kappa shape index (κ1) is 20.4. The number of thiazole rings is 1. The van der Waals surface area contributed by atoms with Gasteiger partial charge in [0.2, 0.25) is 5.91 Å². The Morgan fingerprint density at radius 1 is 1.35 bits per heavy atom. The van der Waals surface area contributed by atoms with Crippen LogP contribution in [0.25, 0.3) is 10.6 Å². The van der Waals surface area contributed by atoms with Crippen LogP contribution in [0.3, 0.4) is 0 Å². The van der Waals surface area contributed by atoms with Crippen molar-refractivity contribution in [2.24, 2.45) is 11.7 Å². The largest absolute Gasteiger partial charge is 0.416 e. The smallest absolute Gasteiger partial charge is 0.349 e. The third-order valence-electron chi connectivity index (χ3n) is 4.45. The maximum atomic E-state index is 12.8. The molecule has 3 N–H and O–H groups in total. The Balaban J connectivity index is 2.12. The lowest BCUT2D eigenvalue weighted by molar-refractivity contribution is -0.137. The van der Waals surface area contributed by atoms with E-state index in [0.29, 0.717) is 22.8 Å². The van der Waals surface area contributed by atoms with Crippen LogP contribution in [0.5, 0.6) is 0 Å². The van der Waals surface area contributed by atoms with E-state index in [-0.39, 0.29) is 18.2 Å². The summed E-state index contributed by atoms with van der Waals surface area (Å²) in [5.41, 5.74) is 5.42. The molecule has 8 heteroatoms. The van der Waals surface area contributed by atoms with Gasteiger partial charge in [-0.15, -0.1) is 11.3 Å². The summed E-state index contributed by atoms with van der Waals surface area (Å²) in [6.45, 7) is 6.14. The first-order chi connectivity index (χ1) is 12.0. The van der Waals surface area contributed by atoms with Crippen molar-refractivity contribution in [3.8, 4) is 10.6 Å². The van der Waals surface area contributed by atoms with E-state index in [1.165, 1.54) is 17.4 Å². The number of nitrogens with one attached hydrogen (secondary N) is 1. The van der Waals surface area contributed by atoms with E-state index in [4.69, 9.17) is 5.73 Å². The van der Waals surface area contributed by atoms with Crippen LogP contribution >= 0.6 is 11.3 Å². The van der Waals surface area contributed by atoms with Crippen LogP contribution in [0.2, 0.25) is 0 Å². The van der Waals surface area contributed by atoms with Crippen LogP contribution in [0.1, 0.15) is 32.0 Å². The Labute approximate surface area is 154 Å². The summed E-state index contributed by atoms with van der Waals surface area (Å²) in [4.78, 5) is 16.6. The molecule has 1 atom stereocenters. The van der Waals surface area contributed by atoms with Gasteiger partial charge in [-0.05, 0) is 25.0 Å². The number of nitrogens with two attached hydrogens (primary N) is 1. The van der Waals surface area contributed by atoms with Crippen molar-refractivity contribution in [3.63, 3.8) is 0 Å². The Morgan fingerprint density at radius 2 is 2.04 bits per heavy atom. The zero-order valence-corrected chi connectivity index (χ0v) is 15.7. The maximum absolute atomic E-state index is 12.8. The Hall–Kier alpha value is -1.93. The number of nitrogens with zero attached hydrogens (tertiary/aromatic N) is 1. The highest BCUT2D eigenvalue weighted by Gasteiger charge is 2.31. The van der Waals surface area contributed by atoms with Crippen LogP contribution in [0, 0.1) is 5.92 Å². The second-order valence-corrected chi connectivity index (χ2v) is 7.58. The molecule has 1 heterocycles. The number of aromatic nitrogens is 1. The molecule has 0 radical (unpaired) electrons. The number of amides is 1. The summed E-state index contributed by atoms with van der Waals surface area (Å²) in [6.07, 6.45) is -4.35. The van der Waals surface area contributed by atoms with Crippen LogP contribution in [-0.2, 0) is 17.4 Å². The fraction of sp³-hybridized carbons (Fsp3) is 0.444. The molecule has 0 fully saturated rings. The summed E-state index contributed by atoms with van der Waals surface area (Å²) < 4.78 is 38.5. The van der Waals surface area contributed by atoms with Gasteiger partial charge in [0.05, 0.1) is 23.2 Å². The lowest BCUT2D eigenvalue weighted by atomic mass is 9.88. The Morgan fingerprint density at radius 3 is 2.62 bits per heavy atom. The van der Waals surface area contributed by atoms with Crippen LogP contribution in [0.4, 0.5) is 13.2 Å².